The molecule has 3 N–H and O–H groups in total. The lowest BCUT2D eigenvalue weighted by atomic mass is 9.98. The van der Waals surface area contributed by atoms with Crippen molar-refractivity contribution in [3.05, 3.63) is 64.2 Å². The van der Waals surface area contributed by atoms with Crippen LogP contribution < -0.4 is 16.0 Å². The maximum atomic E-state index is 6.08. The second-order valence-corrected chi connectivity index (χ2v) is 5.75. The van der Waals surface area contributed by atoms with Gasteiger partial charge in [-0.2, -0.15) is 0 Å². The molecule has 0 bridgehead atoms. The van der Waals surface area contributed by atoms with Gasteiger partial charge in [-0.05, 0) is 55.7 Å². The summed E-state index contributed by atoms with van der Waals surface area (Å²) in [5, 5.41) is 0.759. The van der Waals surface area contributed by atoms with Crippen molar-refractivity contribution < 1.29 is 4.74 Å². The Hall–Kier alpha value is -1.55. The Balaban J connectivity index is 2.26. The number of hydrogen-bond acceptors (Lipinski definition) is 3. The Bertz CT molecular complexity index is 596. The van der Waals surface area contributed by atoms with Crippen molar-refractivity contribution in [3.63, 3.8) is 0 Å². The van der Waals surface area contributed by atoms with Gasteiger partial charge in [-0.15, -0.1) is 0 Å². The minimum atomic E-state index is -0.0749. The fourth-order valence-corrected chi connectivity index (χ4v) is 2.36. The summed E-state index contributed by atoms with van der Waals surface area (Å²) in [5.74, 6) is 6.59. The maximum absolute atomic E-state index is 6.08. The largest absolute Gasteiger partial charge is 0.491 e. The van der Waals surface area contributed by atoms with Gasteiger partial charge in [0.25, 0.3) is 0 Å². The third kappa shape index (κ3) is 3.97. The van der Waals surface area contributed by atoms with Crippen LogP contribution in [-0.4, -0.2) is 6.10 Å². The van der Waals surface area contributed by atoms with Crippen LogP contribution in [0.4, 0.5) is 0 Å². The number of hydrazine groups is 1. The first-order valence-electron chi connectivity index (χ1n) is 7.00. The third-order valence-corrected chi connectivity index (χ3v) is 3.69. The molecule has 1 atom stereocenters. The molecule has 0 aliphatic rings. The van der Waals surface area contributed by atoms with E-state index in [2.05, 4.69) is 5.43 Å². The van der Waals surface area contributed by atoms with Crippen LogP contribution in [0.1, 0.15) is 36.6 Å². The van der Waals surface area contributed by atoms with E-state index in [1.165, 1.54) is 0 Å². The van der Waals surface area contributed by atoms with Crippen molar-refractivity contribution in [2.75, 3.05) is 0 Å². The van der Waals surface area contributed by atoms with Gasteiger partial charge in [-0.3, -0.25) is 5.84 Å². The van der Waals surface area contributed by atoms with Crippen LogP contribution in [0, 0.1) is 6.92 Å². The molecule has 0 fully saturated rings. The van der Waals surface area contributed by atoms with Crippen molar-refractivity contribution in [1.29, 1.82) is 0 Å². The monoisotopic (exact) mass is 304 g/mol. The SMILES string of the molecule is Cc1cc(C(NN)c2ccc(OC(C)C)cc2)ccc1Cl. The van der Waals surface area contributed by atoms with Crippen LogP contribution in [0.25, 0.3) is 0 Å². The molecule has 0 aliphatic carbocycles. The van der Waals surface area contributed by atoms with E-state index >= 15 is 0 Å². The van der Waals surface area contributed by atoms with Crippen LogP contribution in [0.3, 0.4) is 0 Å². The van der Waals surface area contributed by atoms with Gasteiger partial charge in [0.15, 0.2) is 0 Å². The van der Waals surface area contributed by atoms with Gasteiger partial charge in [0.05, 0.1) is 12.1 Å². The van der Waals surface area contributed by atoms with Gasteiger partial charge < -0.3 is 4.74 Å². The highest BCUT2D eigenvalue weighted by atomic mass is 35.5. The average molecular weight is 305 g/mol. The van der Waals surface area contributed by atoms with E-state index in [1.54, 1.807) is 0 Å². The predicted octanol–water partition coefficient (Wildman–Crippen LogP) is 3.99. The lowest BCUT2D eigenvalue weighted by Gasteiger charge is -2.18. The summed E-state index contributed by atoms with van der Waals surface area (Å²) >= 11 is 6.08. The van der Waals surface area contributed by atoms with E-state index < -0.39 is 0 Å². The van der Waals surface area contributed by atoms with Crippen LogP contribution in [-0.2, 0) is 0 Å². The zero-order chi connectivity index (χ0) is 15.4. The topological polar surface area (TPSA) is 47.3 Å². The number of nitrogens with two attached hydrogens (primary N) is 1. The molecule has 0 aliphatic heterocycles. The Morgan fingerprint density at radius 1 is 1.05 bits per heavy atom. The van der Waals surface area contributed by atoms with Crippen molar-refractivity contribution in [3.8, 4) is 5.75 Å². The molecule has 0 aromatic heterocycles. The van der Waals surface area contributed by atoms with Crippen molar-refractivity contribution in [1.82, 2.24) is 5.43 Å². The lowest BCUT2D eigenvalue weighted by Crippen LogP contribution is -2.28. The maximum Gasteiger partial charge on any atom is 0.119 e. The first-order chi connectivity index (χ1) is 10.0. The molecule has 2 rings (SSSR count). The third-order valence-electron chi connectivity index (χ3n) is 3.27. The zero-order valence-electron chi connectivity index (χ0n) is 12.6. The van der Waals surface area contributed by atoms with E-state index in [0.29, 0.717) is 0 Å². The molecule has 0 radical (unpaired) electrons. The summed E-state index contributed by atoms with van der Waals surface area (Å²) in [4.78, 5) is 0. The summed E-state index contributed by atoms with van der Waals surface area (Å²) in [5.41, 5.74) is 6.05. The molecular formula is C17H21ClN2O. The van der Waals surface area contributed by atoms with E-state index in [4.69, 9.17) is 22.2 Å². The van der Waals surface area contributed by atoms with E-state index in [1.807, 2.05) is 63.2 Å². The molecule has 112 valence electrons. The number of benzene rings is 2. The first-order valence-corrected chi connectivity index (χ1v) is 7.38. The molecule has 0 heterocycles. The Morgan fingerprint density at radius 3 is 2.19 bits per heavy atom. The summed E-state index contributed by atoms with van der Waals surface area (Å²) < 4.78 is 5.65. The highest BCUT2D eigenvalue weighted by molar-refractivity contribution is 6.31. The summed E-state index contributed by atoms with van der Waals surface area (Å²) in [6.07, 6.45) is 0.165. The first kappa shape index (κ1) is 15.8. The van der Waals surface area contributed by atoms with Crippen LogP contribution >= 0.6 is 11.6 Å². The fraction of sp³-hybridized carbons (Fsp3) is 0.294. The number of ether oxygens (including phenoxy) is 1. The number of rotatable bonds is 5. The molecule has 4 heteroatoms. The van der Waals surface area contributed by atoms with Crippen LogP contribution in [0.2, 0.25) is 5.02 Å². The molecule has 1 unspecified atom stereocenters. The van der Waals surface area contributed by atoms with Crippen LogP contribution in [0.5, 0.6) is 5.75 Å². The number of halogens is 1. The lowest BCUT2D eigenvalue weighted by molar-refractivity contribution is 0.242. The summed E-state index contributed by atoms with van der Waals surface area (Å²) in [6.45, 7) is 6.00. The quantitative estimate of drug-likeness (QED) is 0.648. The van der Waals surface area contributed by atoms with Crippen LogP contribution in [0.15, 0.2) is 42.5 Å². The van der Waals surface area contributed by atoms with E-state index in [0.717, 1.165) is 27.5 Å². The Labute approximate surface area is 131 Å². The molecule has 0 amide bonds. The number of nitrogens with one attached hydrogen (secondary N) is 1. The summed E-state index contributed by atoms with van der Waals surface area (Å²) in [7, 11) is 0. The van der Waals surface area contributed by atoms with Gasteiger partial charge in [-0.1, -0.05) is 35.9 Å². The molecule has 21 heavy (non-hydrogen) atoms. The minimum absolute atomic E-state index is 0.0749. The molecule has 0 saturated heterocycles. The standard InChI is InChI=1S/C17H21ClN2O/c1-11(2)21-15-7-4-13(5-8-15)17(20-19)14-6-9-16(18)12(3)10-14/h4-11,17,20H,19H2,1-3H3. The van der Waals surface area contributed by atoms with Crippen molar-refractivity contribution in [2.24, 2.45) is 5.84 Å². The second kappa shape index (κ2) is 6.94. The normalized spacial score (nSPS) is 12.5. The van der Waals surface area contributed by atoms with Gasteiger partial charge in [-0.25, -0.2) is 5.43 Å². The van der Waals surface area contributed by atoms with E-state index in [-0.39, 0.29) is 12.1 Å². The molecular weight excluding hydrogens is 284 g/mol. The molecule has 2 aromatic carbocycles. The zero-order valence-corrected chi connectivity index (χ0v) is 13.3. The smallest absolute Gasteiger partial charge is 0.119 e. The van der Waals surface area contributed by atoms with Gasteiger partial charge in [0.1, 0.15) is 5.75 Å². The number of hydrogen-bond donors (Lipinski definition) is 2. The molecule has 2 aromatic rings. The number of aryl methyl sites for hydroxylation is 1. The van der Waals surface area contributed by atoms with Gasteiger partial charge in [0.2, 0.25) is 0 Å². The Kier molecular flexibility index (Phi) is 5.23. The highest BCUT2D eigenvalue weighted by Gasteiger charge is 2.13. The summed E-state index contributed by atoms with van der Waals surface area (Å²) in [6, 6.07) is 13.8. The van der Waals surface area contributed by atoms with Crippen molar-refractivity contribution in [2.45, 2.75) is 32.9 Å². The average Bonchev–Trinajstić information content (AvgIpc) is 2.45. The molecule has 0 spiro atoms. The van der Waals surface area contributed by atoms with Gasteiger partial charge >= 0.3 is 0 Å². The second-order valence-electron chi connectivity index (χ2n) is 5.34. The van der Waals surface area contributed by atoms with E-state index in [9.17, 15) is 0 Å². The fourth-order valence-electron chi connectivity index (χ4n) is 2.24. The molecule has 3 nitrogen and oxygen atoms in total. The highest BCUT2D eigenvalue weighted by Crippen LogP contribution is 2.26. The molecule has 0 saturated carbocycles. The minimum Gasteiger partial charge on any atom is -0.491 e. The van der Waals surface area contributed by atoms with Gasteiger partial charge in [0, 0.05) is 5.02 Å². The Morgan fingerprint density at radius 2 is 1.67 bits per heavy atom. The van der Waals surface area contributed by atoms with Crippen molar-refractivity contribution >= 4 is 11.6 Å². The predicted molar refractivity (Wildman–Crippen MR) is 87.6 cm³/mol.